The van der Waals surface area contributed by atoms with Crippen LogP contribution in [0.15, 0.2) is 0 Å². The largest absolute Gasteiger partial charge is 0.462 e. The molecule has 0 aromatic heterocycles. The van der Waals surface area contributed by atoms with Gasteiger partial charge in [0.1, 0.15) is 13.2 Å². The van der Waals surface area contributed by atoms with Gasteiger partial charge in [0.05, 0.1) is 0 Å². The summed E-state index contributed by atoms with van der Waals surface area (Å²) >= 11 is 0. The Morgan fingerprint density at radius 1 is 0.270 bits per heavy atom. The van der Waals surface area contributed by atoms with Crippen molar-refractivity contribution >= 4 is 17.9 Å². The third kappa shape index (κ3) is 51.3. The zero-order chi connectivity index (χ0) is 46.3. The molecule has 0 saturated carbocycles. The average molecular weight is 892 g/mol. The average Bonchev–Trinajstić information content (AvgIpc) is 3.24. The van der Waals surface area contributed by atoms with Crippen molar-refractivity contribution in [3.63, 3.8) is 0 Å². The van der Waals surface area contributed by atoms with E-state index in [2.05, 4.69) is 41.5 Å². The van der Waals surface area contributed by atoms with Crippen LogP contribution in [-0.4, -0.2) is 37.2 Å². The molecule has 0 rings (SSSR count). The van der Waals surface area contributed by atoms with Crippen molar-refractivity contribution in [1.82, 2.24) is 0 Å². The Hall–Kier alpha value is -1.59. The van der Waals surface area contributed by atoms with Gasteiger partial charge in [-0.3, -0.25) is 14.4 Å². The highest BCUT2D eigenvalue weighted by molar-refractivity contribution is 5.71. The van der Waals surface area contributed by atoms with Crippen LogP contribution in [0.25, 0.3) is 0 Å². The van der Waals surface area contributed by atoms with Gasteiger partial charge in [0.15, 0.2) is 6.10 Å². The zero-order valence-corrected chi connectivity index (χ0v) is 43.4. The minimum atomic E-state index is -0.763. The molecule has 0 saturated heterocycles. The summed E-state index contributed by atoms with van der Waals surface area (Å²) in [5.41, 5.74) is 0. The molecule has 0 bridgehead atoms. The maximum Gasteiger partial charge on any atom is 0.306 e. The summed E-state index contributed by atoms with van der Waals surface area (Å²) in [6, 6.07) is 0. The molecule has 0 fully saturated rings. The fraction of sp³-hybridized carbons (Fsp3) is 0.947. The molecule has 6 heteroatoms. The molecule has 0 heterocycles. The van der Waals surface area contributed by atoms with Gasteiger partial charge in [0, 0.05) is 19.3 Å². The molecule has 0 radical (unpaired) electrons. The summed E-state index contributed by atoms with van der Waals surface area (Å²) in [6.45, 7) is 13.7. The second-order valence-electron chi connectivity index (χ2n) is 21.0. The summed E-state index contributed by atoms with van der Waals surface area (Å²) in [5.74, 6) is 1.65. The predicted octanol–water partition coefficient (Wildman–Crippen LogP) is 18.3. The topological polar surface area (TPSA) is 78.9 Å². The number of unbranched alkanes of at least 4 members (excludes halogenated alkanes) is 33. The van der Waals surface area contributed by atoms with Gasteiger partial charge in [-0.05, 0) is 37.0 Å². The lowest BCUT2D eigenvalue weighted by Gasteiger charge is -2.18. The third-order valence-corrected chi connectivity index (χ3v) is 12.9. The van der Waals surface area contributed by atoms with Crippen molar-refractivity contribution in [2.75, 3.05) is 13.2 Å². The van der Waals surface area contributed by atoms with Crippen LogP contribution in [0.5, 0.6) is 0 Å². The number of ether oxygens (including phenoxy) is 3. The standard InChI is InChI=1S/C57H110O6/c1-51(2)43-37-31-25-19-13-8-7-9-16-22-28-34-40-46-55(58)61-49-54(63-57(60)48-42-36-30-24-18-12-15-21-27-33-39-45-53(5)6)50-62-56(59)47-41-35-29-23-17-11-10-14-20-26-32-38-44-52(3)4/h51-54H,7-50H2,1-6H3/t54-/m1/s1. The van der Waals surface area contributed by atoms with Gasteiger partial charge in [-0.25, -0.2) is 0 Å². The summed E-state index contributed by atoms with van der Waals surface area (Å²) in [4.78, 5) is 38.1. The minimum Gasteiger partial charge on any atom is -0.462 e. The van der Waals surface area contributed by atoms with Crippen LogP contribution in [0.3, 0.4) is 0 Å². The van der Waals surface area contributed by atoms with Crippen molar-refractivity contribution in [2.45, 2.75) is 317 Å². The van der Waals surface area contributed by atoms with Gasteiger partial charge in [-0.15, -0.1) is 0 Å². The second-order valence-corrected chi connectivity index (χ2v) is 21.0. The Labute approximate surface area is 393 Å². The molecule has 0 aromatic rings. The van der Waals surface area contributed by atoms with Crippen LogP contribution < -0.4 is 0 Å². The number of esters is 3. The highest BCUT2D eigenvalue weighted by Crippen LogP contribution is 2.18. The highest BCUT2D eigenvalue weighted by Gasteiger charge is 2.19. The normalized spacial score (nSPS) is 12.1. The molecule has 63 heavy (non-hydrogen) atoms. The van der Waals surface area contributed by atoms with Gasteiger partial charge >= 0.3 is 17.9 Å². The third-order valence-electron chi connectivity index (χ3n) is 12.9. The van der Waals surface area contributed by atoms with Crippen LogP contribution in [0.4, 0.5) is 0 Å². The van der Waals surface area contributed by atoms with Crippen LogP contribution in [-0.2, 0) is 28.6 Å². The first kappa shape index (κ1) is 61.4. The molecule has 0 amide bonds. The lowest BCUT2D eigenvalue weighted by Crippen LogP contribution is -2.30. The summed E-state index contributed by atoms with van der Waals surface area (Å²) < 4.78 is 16.9. The number of carbonyl (C=O) groups excluding carboxylic acids is 3. The molecule has 0 aliphatic heterocycles. The minimum absolute atomic E-state index is 0.0638. The molecule has 0 N–H and O–H groups in total. The first-order valence-electron chi connectivity index (χ1n) is 28.1. The number of carbonyl (C=O) groups is 3. The first-order valence-corrected chi connectivity index (χ1v) is 28.1. The Morgan fingerprint density at radius 2 is 0.460 bits per heavy atom. The first-order chi connectivity index (χ1) is 30.6. The van der Waals surface area contributed by atoms with E-state index in [4.69, 9.17) is 14.2 Å². The van der Waals surface area contributed by atoms with E-state index in [0.29, 0.717) is 19.3 Å². The molecular formula is C57H110O6. The lowest BCUT2D eigenvalue weighted by molar-refractivity contribution is -0.167. The van der Waals surface area contributed by atoms with Gasteiger partial charge in [0.2, 0.25) is 0 Å². The second kappa shape index (κ2) is 48.3. The van der Waals surface area contributed by atoms with E-state index in [1.54, 1.807) is 0 Å². The van der Waals surface area contributed by atoms with E-state index in [1.807, 2.05) is 0 Å². The van der Waals surface area contributed by atoms with Crippen molar-refractivity contribution in [1.29, 1.82) is 0 Å². The molecule has 6 nitrogen and oxygen atoms in total. The van der Waals surface area contributed by atoms with E-state index in [-0.39, 0.29) is 31.1 Å². The highest BCUT2D eigenvalue weighted by atomic mass is 16.6. The molecule has 0 aliphatic carbocycles. The fourth-order valence-corrected chi connectivity index (χ4v) is 8.65. The molecule has 0 aliphatic rings. The van der Waals surface area contributed by atoms with Gasteiger partial charge in [0.25, 0.3) is 0 Å². The van der Waals surface area contributed by atoms with Crippen LogP contribution in [0, 0.1) is 17.8 Å². The van der Waals surface area contributed by atoms with E-state index in [0.717, 1.165) is 75.5 Å². The molecule has 0 spiro atoms. The van der Waals surface area contributed by atoms with Gasteiger partial charge in [-0.1, -0.05) is 273 Å². The summed E-state index contributed by atoms with van der Waals surface area (Å²) in [6.07, 6.45) is 49.5. The molecule has 1 atom stereocenters. The number of hydrogen-bond donors (Lipinski definition) is 0. The van der Waals surface area contributed by atoms with Crippen LogP contribution in [0.1, 0.15) is 311 Å². The van der Waals surface area contributed by atoms with Crippen molar-refractivity contribution < 1.29 is 28.6 Å². The number of hydrogen-bond acceptors (Lipinski definition) is 6. The van der Waals surface area contributed by atoms with E-state index in [1.165, 1.54) is 193 Å². The molecule has 0 aromatic carbocycles. The van der Waals surface area contributed by atoms with Crippen molar-refractivity contribution in [3.05, 3.63) is 0 Å². The molecular weight excluding hydrogens is 781 g/mol. The van der Waals surface area contributed by atoms with Crippen LogP contribution in [0.2, 0.25) is 0 Å². The number of rotatable bonds is 50. The summed E-state index contributed by atoms with van der Waals surface area (Å²) in [7, 11) is 0. The molecule has 0 unspecified atom stereocenters. The van der Waals surface area contributed by atoms with E-state index in [9.17, 15) is 14.4 Å². The summed E-state index contributed by atoms with van der Waals surface area (Å²) in [5, 5.41) is 0. The van der Waals surface area contributed by atoms with E-state index < -0.39 is 6.10 Å². The Kier molecular flexibility index (Phi) is 47.1. The van der Waals surface area contributed by atoms with Gasteiger partial charge < -0.3 is 14.2 Å². The quantitative estimate of drug-likeness (QED) is 0.0344. The monoisotopic (exact) mass is 891 g/mol. The smallest absolute Gasteiger partial charge is 0.306 e. The molecule has 374 valence electrons. The van der Waals surface area contributed by atoms with Gasteiger partial charge in [-0.2, -0.15) is 0 Å². The van der Waals surface area contributed by atoms with Crippen LogP contribution >= 0.6 is 0 Å². The Balaban J connectivity index is 4.31. The van der Waals surface area contributed by atoms with Crippen molar-refractivity contribution in [3.8, 4) is 0 Å². The van der Waals surface area contributed by atoms with Crippen molar-refractivity contribution in [2.24, 2.45) is 17.8 Å². The van der Waals surface area contributed by atoms with E-state index >= 15 is 0 Å². The maximum absolute atomic E-state index is 12.8. The lowest BCUT2D eigenvalue weighted by atomic mass is 10.0. The Bertz CT molecular complexity index is 976. The fourth-order valence-electron chi connectivity index (χ4n) is 8.65. The maximum atomic E-state index is 12.8. The zero-order valence-electron chi connectivity index (χ0n) is 43.4. The Morgan fingerprint density at radius 3 is 0.683 bits per heavy atom. The SMILES string of the molecule is CC(C)CCCCCCCCCCCCCCCC(=O)OC[C@H](COC(=O)CCCCCCCCCCCCCCC(C)C)OC(=O)CCCCCCCCCCCCCC(C)C. The predicted molar refractivity (Wildman–Crippen MR) is 270 cm³/mol.